The second kappa shape index (κ2) is 4.49. The van der Waals surface area contributed by atoms with Gasteiger partial charge in [-0.15, -0.1) is 0 Å². The topological polar surface area (TPSA) is 27.1 Å². The van der Waals surface area contributed by atoms with Gasteiger partial charge in [-0.05, 0) is 18.4 Å². The van der Waals surface area contributed by atoms with E-state index in [0.29, 0.717) is 12.0 Å². The Hall–Kier alpha value is -1.61. The molecule has 4 rings (SSSR count). The summed E-state index contributed by atoms with van der Waals surface area (Å²) in [4.78, 5) is 4.33. The molecule has 19 heavy (non-hydrogen) atoms. The van der Waals surface area contributed by atoms with Gasteiger partial charge in [-0.3, -0.25) is 0 Å². The Labute approximate surface area is 113 Å². The van der Waals surface area contributed by atoms with Gasteiger partial charge in [0.15, 0.2) is 0 Å². The first-order valence-electron chi connectivity index (χ1n) is 7.14. The Balaban J connectivity index is 1.79. The van der Waals surface area contributed by atoms with E-state index < -0.39 is 0 Å². The Morgan fingerprint density at radius 2 is 2.16 bits per heavy atom. The molecule has 1 aromatic heterocycles. The van der Waals surface area contributed by atoms with E-state index in [1.807, 2.05) is 12.5 Å². The van der Waals surface area contributed by atoms with Crippen LogP contribution in [0, 0.1) is 5.92 Å². The van der Waals surface area contributed by atoms with Gasteiger partial charge in [0.1, 0.15) is 0 Å². The normalized spacial score (nSPS) is 25.7. The summed E-state index contributed by atoms with van der Waals surface area (Å²) in [7, 11) is 0. The molecule has 98 valence electrons. The Morgan fingerprint density at radius 1 is 1.21 bits per heavy atom. The largest absolute Gasteiger partial charge is 0.381 e. The van der Waals surface area contributed by atoms with Crippen molar-refractivity contribution in [2.45, 2.75) is 25.3 Å². The SMILES string of the molecule is c1ccc2c(c1)-c1cncn1C2C1CCCCOC1. The van der Waals surface area contributed by atoms with Crippen molar-refractivity contribution in [3.63, 3.8) is 0 Å². The van der Waals surface area contributed by atoms with Crippen LogP contribution in [0.3, 0.4) is 0 Å². The molecular weight excluding hydrogens is 236 g/mol. The zero-order valence-electron chi connectivity index (χ0n) is 11.0. The second-order valence-corrected chi connectivity index (χ2v) is 5.55. The van der Waals surface area contributed by atoms with E-state index in [9.17, 15) is 0 Å². The molecule has 2 aliphatic rings. The average molecular weight is 254 g/mol. The number of hydrogen-bond acceptors (Lipinski definition) is 2. The maximum atomic E-state index is 5.79. The van der Waals surface area contributed by atoms with E-state index >= 15 is 0 Å². The monoisotopic (exact) mass is 254 g/mol. The van der Waals surface area contributed by atoms with Crippen LogP contribution >= 0.6 is 0 Å². The lowest BCUT2D eigenvalue weighted by Crippen LogP contribution is -2.21. The molecule has 2 aromatic rings. The summed E-state index contributed by atoms with van der Waals surface area (Å²) in [5, 5.41) is 0. The van der Waals surface area contributed by atoms with Gasteiger partial charge in [-0.2, -0.15) is 0 Å². The number of nitrogens with zero attached hydrogens (tertiary/aromatic N) is 2. The van der Waals surface area contributed by atoms with Crippen molar-refractivity contribution in [1.29, 1.82) is 0 Å². The third kappa shape index (κ3) is 1.72. The van der Waals surface area contributed by atoms with E-state index in [0.717, 1.165) is 13.2 Å². The lowest BCUT2D eigenvalue weighted by molar-refractivity contribution is 0.103. The average Bonchev–Trinajstić information content (AvgIpc) is 2.91. The summed E-state index contributed by atoms with van der Waals surface area (Å²) in [6, 6.07) is 9.13. The molecule has 2 aliphatic heterocycles. The van der Waals surface area contributed by atoms with Gasteiger partial charge in [0.05, 0.1) is 30.9 Å². The molecule has 0 radical (unpaired) electrons. The molecule has 3 heterocycles. The molecule has 2 atom stereocenters. The van der Waals surface area contributed by atoms with E-state index in [4.69, 9.17) is 4.74 Å². The zero-order chi connectivity index (χ0) is 12.7. The number of ether oxygens (including phenoxy) is 1. The van der Waals surface area contributed by atoms with Crippen molar-refractivity contribution in [2.24, 2.45) is 5.92 Å². The van der Waals surface area contributed by atoms with E-state index in [-0.39, 0.29) is 0 Å². The number of hydrogen-bond donors (Lipinski definition) is 0. The highest BCUT2D eigenvalue weighted by Gasteiger charge is 2.34. The van der Waals surface area contributed by atoms with Gasteiger partial charge in [-0.1, -0.05) is 30.7 Å². The van der Waals surface area contributed by atoms with Crippen LogP contribution in [-0.2, 0) is 4.74 Å². The number of rotatable bonds is 1. The third-order valence-electron chi connectivity index (χ3n) is 4.41. The minimum Gasteiger partial charge on any atom is -0.381 e. The predicted molar refractivity (Wildman–Crippen MR) is 74.0 cm³/mol. The van der Waals surface area contributed by atoms with E-state index in [2.05, 4.69) is 33.8 Å². The number of fused-ring (bicyclic) bond motifs is 3. The van der Waals surface area contributed by atoms with E-state index in [1.165, 1.54) is 36.1 Å². The smallest absolute Gasteiger partial charge is 0.0956 e. The highest BCUT2D eigenvalue weighted by molar-refractivity contribution is 5.69. The molecule has 0 saturated carbocycles. The molecular formula is C16H18N2O. The second-order valence-electron chi connectivity index (χ2n) is 5.55. The van der Waals surface area contributed by atoms with Crippen LogP contribution in [-0.4, -0.2) is 22.8 Å². The molecule has 0 spiro atoms. The minimum atomic E-state index is 0.409. The Morgan fingerprint density at radius 3 is 3.16 bits per heavy atom. The number of benzene rings is 1. The summed E-state index contributed by atoms with van der Waals surface area (Å²) >= 11 is 0. The number of imidazole rings is 1. The highest BCUT2D eigenvalue weighted by atomic mass is 16.5. The van der Waals surface area contributed by atoms with Gasteiger partial charge in [-0.25, -0.2) is 4.98 Å². The molecule has 3 heteroatoms. The molecule has 1 aromatic carbocycles. The number of aromatic nitrogens is 2. The first-order chi connectivity index (χ1) is 9.45. The Kier molecular flexibility index (Phi) is 2.66. The van der Waals surface area contributed by atoms with Crippen LogP contribution in [0.5, 0.6) is 0 Å². The van der Waals surface area contributed by atoms with Crippen molar-refractivity contribution in [3.05, 3.63) is 42.4 Å². The lowest BCUT2D eigenvalue weighted by Gasteiger charge is -2.24. The van der Waals surface area contributed by atoms with Crippen LogP contribution in [0.2, 0.25) is 0 Å². The van der Waals surface area contributed by atoms with Crippen LogP contribution in [0.4, 0.5) is 0 Å². The third-order valence-corrected chi connectivity index (χ3v) is 4.41. The fourth-order valence-electron chi connectivity index (χ4n) is 3.53. The van der Waals surface area contributed by atoms with Gasteiger partial charge < -0.3 is 9.30 Å². The molecule has 1 fully saturated rings. The molecule has 0 N–H and O–H groups in total. The van der Waals surface area contributed by atoms with Crippen LogP contribution < -0.4 is 0 Å². The van der Waals surface area contributed by atoms with Gasteiger partial charge >= 0.3 is 0 Å². The van der Waals surface area contributed by atoms with Gasteiger partial charge in [0.25, 0.3) is 0 Å². The molecule has 0 amide bonds. The summed E-state index contributed by atoms with van der Waals surface area (Å²) in [6.45, 7) is 1.79. The van der Waals surface area contributed by atoms with Crippen molar-refractivity contribution in [3.8, 4) is 11.3 Å². The molecule has 1 saturated heterocycles. The standard InChI is InChI=1S/C16H18N2O/c1-2-7-14-13(6-1)15-9-17-11-18(15)16(14)12-5-3-4-8-19-10-12/h1-2,6-7,9,11-12,16H,3-5,8,10H2. The van der Waals surface area contributed by atoms with Crippen LogP contribution in [0.25, 0.3) is 11.3 Å². The first kappa shape index (κ1) is 11.2. The van der Waals surface area contributed by atoms with Crippen LogP contribution in [0.1, 0.15) is 30.9 Å². The highest BCUT2D eigenvalue weighted by Crippen LogP contribution is 2.44. The minimum absolute atomic E-state index is 0.409. The van der Waals surface area contributed by atoms with Gasteiger partial charge in [0, 0.05) is 18.1 Å². The Bertz CT molecular complexity index is 582. The van der Waals surface area contributed by atoms with Crippen molar-refractivity contribution in [2.75, 3.05) is 13.2 Å². The summed E-state index contributed by atoms with van der Waals surface area (Å²) in [5.74, 6) is 0.569. The maximum Gasteiger partial charge on any atom is 0.0956 e. The zero-order valence-corrected chi connectivity index (χ0v) is 11.0. The predicted octanol–water partition coefficient (Wildman–Crippen LogP) is 3.27. The summed E-state index contributed by atoms with van der Waals surface area (Å²) in [6.07, 6.45) is 7.67. The van der Waals surface area contributed by atoms with Crippen LogP contribution in [0.15, 0.2) is 36.8 Å². The quantitative estimate of drug-likeness (QED) is 0.781. The lowest BCUT2D eigenvalue weighted by atomic mass is 9.89. The van der Waals surface area contributed by atoms with Crippen molar-refractivity contribution in [1.82, 2.24) is 9.55 Å². The van der Waals surface area contributed by atoms with Crippen molar-refractivity contribution < 1.29 is 4.74 Å². The molecule has 0 bridgehead atoms. The molecule has 3 nitrogen and oxygen atoms in total. The fraction of sp³-hybridized carbons (Fsp3) is 0.438. The van der Waals surface area contributed by atoms with Crippen molar-refractivity contribution >= 4 is 0 Å². The fourth-order valence-corrected chi connectivity index (χ4v) is 3.53. The summed E-state index contributed by atoms with van der Waals surface area (Å²) < 4.78 is 8.13. The summed E-state index contributed by atoms with van der Waals surface area (Å²) in [5.41, 5.74) is 4.04. The van der Waals surface area contributed by atoms with E-state index in [1.54, 1.807) is 0 Å². The maximum absolute atomic E-state index is 5.79. The van der Waals surface area contributed by atoms with Gasteiger partial charge in [0.2, 0.25) is 0 Å². The molecule has 0 aliphatic carbocycles. The molecule has 2 unspecified atom stereocenters. The first-order valence-corrected chi connectivity index (χ1v) is 7.14.